The molecule has 0 unspecified atom stereocenters. The second-order valence-corrected chi connectivity index (χ2v) is 7.38. The molecule has 1 aromatic heterocycles. The van der Waals surface area contributed by atoms with E-state index in [1.54, 1.807) is 31.3 Å². The van der Waals surface area contributed by atoms with E-state index in [0.29, 0.717) is 26.0 Å². The summed E-state index contributed by atoms with van der Waals surface area (Å²) in [5.74, 6) is 0. The summed E-state index contributed by atoms with van der Waals surface area (Å²) in [5, 5.41) is 0. The third-order valence-electron chi connectivity index (χ3n) is 2.66. The summed E-state index contributed by atoms with van der Waals surface area (Å²) in [7, 11) is -3.74. The third kappa shape index (κ3) is 3.13. The van der Waals surface area contributed by atoms with Crippen molar-refractivity contribution in [2.45, 2.75) is 11.8 Å². The predicted octanol–water partition coefficient (Wildman–Crippen LogP) is 3.30. The molecule has 0 bridgehead atoms. The molecule has 0 aliphatic rings. The van der Waals surface area contributed by atoms with Gasteiger partial charge in [-0.2, -0.15) is 0 Å². The summed E-state index contributed by atoms with van der Waals surface area (Å²) in [6.45, 7) is 1.66. The topological polar surface area (TPSA) is 85.1 Å². The molecule has 0 aliphatic heterocycles. The fraction of sp³-hybridized carbons (Fsp3) is 0.0833. The van der Waals surface area contributed by atoms with Crippen LogP contribution in [0.25, 0.3) is 0 Å². The van der Waals surface area contributed by atoms with Crippen LogP contribution in [-0.2, 0) is 10.0 Å². The van der Waals surface area contributed by atoms with Gasteiger partial charge in [-0.25, -0.2) is 13.4 Å². The first-order valence-corrected chi connectivity index (χ1v) is 8.57. The molecule has 0 spiro atoms. The molecule has 8 heteroatoms. The second-order valence-electron chi connectivity index (χ2n) is 4.07. The summed E-state index contributed by atoms with van der Waals surface area (Å²) in [4.78, 5) is 4.10. The maximum absolute atomic E-state index is 12.4. The van der Waals surface area contributed by atoms with Crippen molar-refractivity contribution < 1.29 is 8.42 Å². The molecule has 5 nitrogen and oxygen atoms in total. The monoisotopic (exact) mass is 419 g/mol. The van der Waals surface area contributed by atoms with Gasteiger partial charge in [-0.05, 0) is 52.7 Å². The van der Waals surface area contributed by atoms with Crippen LogP contribution < -0.4 is 10.5 Å². The van der Waals surface area contributed by atoms with Crippen molar-refractivity contribution in [3.05, 3.63) is 45.1 Å². The zero-order valence-corrected chi connectivity index (χ0v) is 14.4. The Kier molecular flexibility index (Phi) is 4.36. The number of hydrogen-bond acceptors (Lipinski definition) is 4. The van der Waals surface area contributed by atoms with Gasteiger partial charge in [-0.15, -0.1) is 0 Å². The lowest BCUT2D eigenvalue weighted by molar-refractivity contribution is 0.600. The second kappa shape index (κ2) is 5.71. The Labute approximate surface area is 133 Å². The van der Waals surface area contributed by atoms with Crippen LogP contribution >= 0.6 is 31.9 Å². The maximum Gasteiger partial charge on any atom is 0.262 e. The molecule has 0 aliphatic carbocycles. The molecular weight excluding hydrogens is 410 g/mol. The van der Waals surface area contributed by atoms with Gasteiger partial charge in [0, 0.05) is 16.4 Å². The molecule has 2 aromatic rings. The largest absolute Gasteiger partial charge is 0.398 e. The quantitative estimate of drug-likeness (QED) is 0.589. The molecular formula is C12H11Br2N3O2S. The molecule has 3 N–H and O–H groups in total. The average Bonchev–Trinajstić information content (AvgIpc) is 2.36. The Morgan fingerprint density at radius 1 is 1.30 bits per heavy atom. The van der Waals surface area contributed by atoms with E-state index in [-0.39, 0.29) is 4.90 Å². The molecule has 1 heterocycles. The van der Waals surface area contributed by atoms with Crippen LogP contribution in [-0.4, -0.2) is 13.4 Å². The van der Waals surface area contributed by atoms with Crippen LogP contribution in [0.3, 0.4) is 0 Å². The number of nitrogens with zero attached hydrogens (tertiary/aromatic N) is 1. The SMILES string of the molecule is Cc1c(N)cc(Br)cc1S(=O)(=O)Nc1cccnc1Br. The number of anilines is 2. The molecule has 2 rings (SSSR count). The molecule has 1 aromatic carbocycles. The van der Waals surface area contributed by atoms with E-state index in [2.05, 4.69) is 41.6 Å². The van der Waals surface area contributed by atoms with Crippen molar-refractivity contribution in [3.8, 4) is 0 Å². The number of nitrogen functional groups attached to an aromatic ring is 1. The summed E-state index contributed by atoms with van der Waals surface area (Å²) in [6, 6.07) is 6.43. The molecule has 0 radical (unpaired) electrons. The van der Waals surface area contributed by atoms with Crippen molar-refractivity contribution in [1.82, 2.24) is 4.98 Å². The highest BCUT2D eigenvalue weighted by Crippen LogP contribution is 2.29. The van der Waals surface area contributed by atoms with Gasteiger partial charge in [0.15, 0.2) is 0 Å². The van der Waals surface area contributed by atoms with Crippen LogP contribution in [0.2, 0.25) is 0 Å². The smallest absolute Gasteiger partial charge is 0.262 e. The number of aromatic nitrogens is 1. The fourth-order valence-electron chi connectivity index (χ4n) is 1.62. The summed E-state index contributed by atoms with van der Waals surface area (Å²) in [5.41, 5.74) is 7.07. The highest BCUT2D eigenvalue weighted by atomic mass is 79.9. The summed E-state index contributed by atoms with van der Waals surface area (Å²) < 4.78 is 28.4. The summed E-state index contributed by atoms with van der Waals surface area (Å²) >= 11 is 6.44. The first-order valence-electron chi connectivity index (χ1n) is 5.50. The Balaban J connectivity index is 2.49. The van der Waals surface area contributed by atoms with Gasteiger partial charge >= 0.3 is 0 Å². The Morgan fingerprint density at radius 2 is 2.00 bits per heavy atom. The molecule has 106 valence electrons. The summed E-state index contributed by atoms with van der Waals surface area (Å²) in [6.07, 6.45) is 1.56. The van der Waals surface area contributed by atoms with Crippen LogP contribution in [0, 0.1) is 6.92 Å². The van der Waals surface area contributed by atoms with E-state index >= 15 is 0 Å². The number of rotatable bonds is 3. The van der Waals surface area contributed by atoms with E-state index in [9.17, 15) is 8.42 Å². The van der Waals surface area contributed by atoms with Gasteiger partial charge in [-0.3, -0.25) is 4.72 Å². The number of nitrogens with one attached hydrogen (secondary N) is 1. The van der Waals surface area contributed by atoms with Gasteiger partial charge in [-0.1, -0.05) is 15.9 Å². The normalized spacial score (nSPS) is 11.3. The van der Waals surface area contributed by atoms with Crippen molar-refractivity contribution in [2.75, 3.05) is 10.5 Å². The standard InChI is InChI=1S/C12H11Br2N3O2S/c1-7-9(15)5-8(13)6-11(7)20(18,19)17-10-3-2-4-16-12(10)14/h2-6,17H,15H2,1H3. The minimum atomic E-state index is -3.74. The van der Waals surface area contributed by atoms with Crippen LogP contribution in [0.15, 0.2) is 44.4 Å². The van der Waals surface area contributed by atoms with Gasteiger partial charge in [0.05, 0.1) is 10.6 Å². The average molecular weight is 421 g/mol. The van der Waals surface area contributed by atoms with Gasteiger partial charge in [0.25, 0.3) is 10.0 Å². The lowest BCUT2D eigenvalue weighted by Gasteiger charge is -2.13. The van der Waals surface area contributed by atoms with E-state index in [1.165, 1.54) is 6.07 Å². The van der Waals surface area contributed by atoms with Gasteiger partial charge < -0.3 is 5.73 Å². The highest BCUT2D eigenvalue weighted by Gasteiger charge is 2.20. The van der Waals surface area contributed by atoms with Crippen LogP contribution in [0.1, 0.15) is 5.56 Å². The number of benzene rings is 1. The highest BCUT2D eigenvalue weighted by molar-refractivity contribution is 9.10. The van der Waals surface area contributed by atoms with E-state index < -0.39 is 10.0 Å². The minimum absolute atomic E-state index is 0.125. The van der Waals surface area contributed by atoms with E-state index in [0.717, 1.165) is 0 Å². The Hall–Kier alpha value is -1.12. The minimum Gasteiger partial charge on any atom is -0.398 e. The number of nitrogens with two attached hydrogens (primary N) is 1. The lowest BCUT2D eigenvalue weighted by Crippen LogP contribution is -2.15. The molecule has 0 saturated heterocycles. The first-order chi connectivity index (χ1) is 9.31. The van der Waals surface area contributed by atoms with Crippen molar-refractivity contribution in [1.29, 1.82) is 0 Å². The van der Waals surface area contributed by atoms with Crippen molar-refractivity contribution >= 4 is 53.3 Å². The fourth-order valence-corrected chi connectivity index (χ4v) is 4.09. The van der Waals surface area contributed by atoms with Crippen LogP contribution in [0.5, 0.6) is 0 Å². The molecule has 0 atom stereocenters. The number of pyridine rings is 1. The van der Waals surface area contributed by atoms with Gasteiger partial charge in [0.2, 0.25) is 0 Å². The maximum atomic E-state index is 12.4. The van der Waals surface area contributed by atoms with E-state index in [4.69, 9.17) is 5.73 Å². The zero-order valence-electron chi connectivity index (χ0n) is 10.4. The molecule has 0 amide bonds. The lowest BCUT2D eigenvalue weighted by atomic mass is 10.2. The van der Waals surface area contributed by atoms with E-state index in [1.807, 2.05) is 0 Å². The number of halogens is 2. The molecule has 0 saturated carbocycles. The first kappa shape index (κ1) is 15.3. The predicted molar refractivity (Wildman–Crippen MR) is 86.0 cm³/mol. The number of sulfonamides is 1. The molecule has 0 fully saturated rings. The van der Waals surface area contributed by atoms with Crippen molar-refractivity contribution in [3.63, 3.8) is 0 Å². The third-order valence-corrected chi connectivity index (χ3v) is 5.24. The van der Waals surface area contributed by atoms with Crippen molar-refractivity contribution in [2.24, 2.45) is 0 Å². The van der Waals surface area contributed by atoms with Crippen LogP contribution in [0.4, 0.5) is 11.4 Å². The number of hydrogen-bond donors (Lipinski definition) is 2. The zero-order chi connectivity index (χ0) is 14.9. The Bertz CT molecular complexity index is 763. The Morgan fingerprint density at radius 3 is 2.65 bits per heavy atom. The van der Waals surface area contributed by atoms with Gasteiger partial charge in [0.1, 0.15) is 4.60 Å². The molecule has 20 heavy (non-hydrogen) atoms.